The molecule has 1 saturated heterocycles. The molecule has 3 aromatic heterocycles. The van der Waals surface area contributed by atoms with Gasteiger partial charge in [0, 0.05) is 36.7 Å². The summed E-state index contributed by atoms with van der Waals surface area (Å²) in [6.07, 6.45) is 2.20. The van der Waals surface area contributed by atoms with Crippen molar-refractivity contribution in [1.29, 1.82) is 0 Å². The molecule has 0 radical (unpaired) electrons. The van der Waals surface area contributed by atoms with Crippen molar-refractivity contribution < 1.29 is 14.3 Å². The van der Waals surface area contributed by atoms with Crippen LogP contribution in [0, 0.1) is 23.7 Å². The van der Waals surface area contributed by atoms with E-state index in [1.165, 1.54) is 20.4 Å². The molecular formula is C23H21ClN6O3. The molecule has 3 aromatic rings. The summed E-state index contributed by atoms with van der Waals surface area (Å²) in [6.45, 7) is 2.71. The van der Waals surface area contributed by atoms with Crippen molar-refractivity contribution >= 4 is 28.8 Å². The number of rotatable bonds is 3. The average Bonchev–Trinajstić information content (AvgIpc) is 3.46. The Morgan fingerprint density at radius 3 is 2.61 bits per heavy atom. The predicted molar refractivity (Wildman–Crippen MR) is 123 cm³/mol. The van der Waals surface area contributed by atoms with Gasteiger partial charge >= 0.3 is 0 Å². The normalized spacial score (nSPS) is 14.9. The summed E-state index contributed by atoms with van der Waals surface area (Å²) in [7, 11) is 3.04. The fraction of sp³-hybridized carbons (Fsp3) is 0.304. The molecule has 0 aromatic carbocycles. The topological polar surface area (TPSA) is 108 Å². The number of ether oxygens (including phenoxy) is 2. The number of pyridine rings is 1. The van der Waals surface area contributed by atoms with Gasteiger partial charge in [-0.25, -0.2) is 9.97 Å². The van der Waals surface area contributed by atoms with Gasteiger partial charge in [0.15, 0.2) is 5.82 Å². The maximum atomic E-state index is 12.2. The van der Waals surface area contributed by atoms with E-state index in [1.54, 1.807) is 28.4 Å². The largest absolute Gasteiger partial charge is 0.481 e. The first-order valence-corrected chi connectivity index (χ1v) is 10.5. The van der Waals surface area contributed by atoms with Gasteiger partial charge in [-0.15, -0.1) is 0 Å². The number of hydrogen-bond donors (Lipinski definition) is 1. The number of amides is 1. The van der Waals surface area contributed by atoms with Crippen LogP contribution in [0.2, 0.25) is 5.15 Å². The van der Waals surface area contributed by atoms with Gasteiger partial charge in [0.05, 0.1) is 20.4 Å². The lowest BCUT2D eigenvalue weighted by Gasteiger charge is -2.13. The molecule has 0 spiro atoms. The maximum absolute atomic E-state index is 12.2. The summed E-state index contributed by atoms with van der Waals surface area (Å²) in [5, 5.41) is 0.361. The number of aromatic nitrogens is 4. The Balaban J connectivity index is 1.78. The number of anilines is 1. The summed E-state index contributed by atoms with van der Waals surface area (Å²) in [5.74, 6) is 12.8. The van der Waals surface area contributed by atoms with E-state index in [2.05, 4.69) is 33.6 Å². The monoisotopic (exact) mass is 464 g/mol. The van der Waals surface area contributed by atoms with Gasteiger partial charge < -0.3 is 20.1 Å². The number of halogens is 1. The fourth-order valence-corrected chi connectivity index (χ4v) is 3.95. The Morgan fingerprint density at radius 1 is 1.21 bits per heavy atom. The van der Waals surface area contributed by atoms with Crippen molar-refractivity contribution in [1.82, 2.24) is 24.3 Å². The Labute approximate surface area is 195 Å². The van der Waals surface area contributed by atoms with Gasteiger partial charge in [-0.2, -0.15) is 4.98 Å². The third-order valence-electron chi connectivity index (χ3n) is 5.26. The van der Waals surface area contributed by atoms with E-state index >= 15 is 0 Å². The van der Waals surface area contributed by atoms with Crippen molar-refractivity contribution in [2.75, 3.05) is 33.0 Å². The van der Waals surface area contributed by atoms with E-state index in [0.29, 0.717) is 52.6 Å². The van der Waals surface area contributed by atoms with Crippen molar-refractivity contribution in [3.63, 3.8) is 0 Å². The Kier molecular flexibility index (Phi) is 6.25. The van der Waals surface area contributed by atoms with Crippen LogP contribution < -0.4 is 15.2 Å². The number of hydrogen-bond acceptors (Lipinski definition) is 7. The average molecular weight is 465 g/mol. The summed E-state index contributed by atoms with van der Waals surface area (Å²) >= 11 is 6.48. The lowest BCUT2D eigenvalue weighted by atomic mass is 10.1. The highest BCUT2D eigenvalue weighted by Crippen LogP contribution is 2.32. The van der Waals surface area contributed by atoms with Gasteiger partial charge in [0.25, 0.3) is 5.91 Å². The number of fused-ring (bicyclic) bond motifs is 1. The molecule has 0 aliphatic carbocycles. The molecule has 33 heavy (non-hydrogen) atoms. The lowest BCUT2D eigenvalue weighted by Crippen LogP contribution is -2.27. The second-order valence-electron chi connectivity index (χ2n) is 7.27. The minimum absolute atomic E-state index is 0.0453. The van der Waals surface area contributed by atoms with Gasteiger partial charge in [-0.05, 0) is 25.2 Å². The van der Waals surface area contributed by atoms with Gasteiger partial charge in [-0.1, -0.05) is 23.4 Å². The highest BCUT2D eigenvalue weighted by molar-refractivity contribution is 6.29. The van der Waals surface area contributed by atoms with Crippen LogP contribution in [0.5, 0.6) is 11.8 Å². The molecule has 2 N–H and O–H groups in total. The van der Waals surface area contributed by atoms with Gasteiger partial charge in [0.2, 0.25) is 11.8 Å². The Bertz CT molecular complexity index is 1340. The Hall–Kier alpha value is -3.95. The predicted octanol–water partition coefficient (Wildman–Crippen LogP) is 2.12. The SMILES string of the molecule is CC#CC(=O)N1CC[C@H](c2nc(C#Cc3cc(OC)nc(OC)c3)c3c(N)ncc(Cl)n23)C1. The fourth-order valence-electron chi connectivity index (χ4n) is 3.73. The van der Waals surface area contributed by atoms with Crippen molar-refractivity contribution in [3.8, 4) is 35.4 Å². The molecule has 1 atom stereocenters. The molecule has 1 aliphatic heterocycles. The zero-order valence-electron chi connectivity index (χ0n) is 18.3. The third kappa shape index (κ3) is 4.36. The van der Waals surface area contributed by atoms with Crippen LogP contribution in [0.4, 0.5) is 5.82 Å². The minimum atomic E-state index is -0.200. The molecule has 4 rings (SSSR count). The number of methoxy groups -OCH3 is 2. The quantitative estimate of drug-likeness (QED) is 0.591. The number of nitrogen functional groups attached to an aromatic ring is 1. The first-order chi connectivity index (χ1) is 15.9. The van der Waals surface area contributed by atoms with E-state index < -0.39 is 0 Å². The van der Waals surface area contributed by atoms with Crippen LogP contribution in [-0.2, 0) is 4.79 Å². The number of carbonyl (C=O) groups is 1. The summed E-state index contributed by atoms with van der Waals surface area (Å²) in [5.41, 5.74) is 7.77. The molecule has 1 aliphatic rings. The molecule has 1 fully saturated rings. The van der Waals surface area contributed by atoms with Crippen LogP contribution in [-0.4, -0.2) is 57.5 Å². The van der Waals surface area contributed by atoms with Crippen LogP contribution in [0.3, 0.4) is 0 Å². The molecule has 0 saturated carbocycles. The molecule has 10 heteroatoms. The smallest absolute Gasteiger partial charge is 0.298 e. The third-order valence-corrected chi connectivity index (χ3v) is 5.53. The summed E-state index contributed by atoms with van der Waals surface area (Å²) in [6, 6.07) is 3.39. The minimum Gasteiger partial charge on any atom is -0.481 e. The highest BCUT2D eigenvalue weighted by atomic mass is 35.5. The van der Waals surface area contributed by atoms with E-state index in [1.807, 2.05) is 0 Å². The van der Waals surface area contributed by atoms with Crippen molar-refractivity contribution in [2.45, 2.75) is 19.3 Å². The number of imidazole rings is 1. The van der Waals surface area contributed by atoms with Gasteiger partial charge in [0.1, 0.15) is 22.2 Å². The molecule has 4 heterocycles. The molecule has 0 bridgehead atoms. The highest BCUT2D eigenvalue weighted by Gasteiger charge is 2.31. The van der Waals surface area contributed by atoms with Crippen molar-refractivity contribution in [3.05, 3.63) is 40.6 Å². The van der Waals surface area contributed by atoms with Crippen LogP contribution in [0.1, 0.15) is 36.3 Å². The number of nitrogens with two attached hydrogens (primary N) is 1. The number of carbonyl (C=O) groups excluding carboxylic acids is 1. The second-order valence-corrected chi connectivity index (χ2v) is 7.66. The van der Waals surface area contributed by atoms with E-state index in [0.717, 1.165) is 6.42 Å². The molecule has 9 nitrogen and oxygen atoms in total. The number of likely N-dealkylation sites (tertiary alicyclic amines) is 1. The summed E-state index contributed by atoms with van der Waals surface area (Å²) in [4.78, 5) is 27.0. The van der Waals surface area contributed by atoms with Crippen LogP contribution >= 0.6 is 11.6 Å². The molecule has 1 amide bonds. The standard InChI is InChI=1S/C23H21ClN6O3/c1-4-5-20(31)29-9-8-15(13-29)23-27-16(21-22(25)26-12-17(24)30(21)23)7-6-14-10-18(32-2)28-19(11-14)33-3/h10-12,15H,8-9,13H2,1-3H3,(H2,25,26)/t15-/m0/s1. The first kappa shape index (κ1) is 22.3. The van der Waals surface area contributed by atoms with E-state index in [9.17, 15) is 4.79 Å². The second kappa shape index (κ2) is 9.27. The zero-order chi connectivity index (χ0) is 23.5. The zero-order valence-corrected chi connectivity index (χ0v) is 19.1. The Morgan fingerprint density at radius 2 is 1.94 bits per heavy atom. The maximum Gasteiger partial charge on any atom is 0.298 e. The molecule has 168 valence electrons. The van der Waals surface area contributed by atoms with E-state index in [4.69, 9.17) is 31.8 Å². The molecular weight excluding hydrogens is 444 g/mol. The lowest BCUT2D eigenvalue weighted by molar-refractivity contribution is -0.124. The first-order valence-electron chi connectivity index (χ1n) is 10.1. The van der Waals surface area contributed by atoms with Crippen LogP contribution in [0.15, 0.2) is 18.3 Å². The van der Waals surface area contributed by atoms with Gasteiger partial charge in [-0.3, -0.25) is 9.20 Å². The molecule has 0 unspecified atom stereocenters. The summed E-state index contributed by atoms with van der Waals surface area (Å²) < 4.78 is 12.2. The van der Waals surface area contributed by atoms with Crippen molar-refractivity contribution in [2.24, 2.45) is 0 Å². The van der Waals surface area contributed by atoms with Crippen LogP contribution in [0.25, 0.3) is 5.52 Å². The van der Waals surface area contributed by atoms with E-state index in [-0.39, 0.29) is 17.6 Å². The number of nitrogens with zero attached hydrogens (tertiary/aromatic N) is 5.